The van der Waals surface area contributed by atoms with E-state index in [0.29, 0.717) is 25.4 Å². The van der Waals surface area contributed by atoms with Crippen molar-refractivity contribution in [1.29, 1.82) is 0 Å². The zero-order valence-electron chi connectivity index (χ0n) is 15.4. The SMILES string of the molecule is Cc1noc(C)c1CN1C(=O)[C@@H]2CC[C@H]1CN(C(=O)c1ccccc1F)C2. The van der Waals surface area contributed by atoms with Crippen LogP contribution in [0.2, 0.25) is 0 Å². The number of hydrogen-bond donors (Lipinski definition) is 0. The van der Waals surface area contributed by atoms with Gasteiger partial charge in [0.15, 0.2) is 0 Å². The van der Waals surface area contributed by atoms with E-state index >= 15 is 0 Å². The van der Waals surface area contributed by atoms with E-state index in [1.165, 1.54) is 12.1 Å². The Kier molecular flexibility index (Phi) is 4.45. The number of aryl methyl sites for hydroxylation is 2. The molecule has 3 aliphatic rings. The maximum atomic E-state index is 14.1. The average molecular weight is 371 g/mol. The number of nitrogens with zero attached hydrogens (tertiary/aromatic N) is 3. The van der Waals surface area contributed by atoms with Crippen LogP contribution in [-0.4, -0.2) is 45.9 Å². The lowest BCUT2D eigenvalue weighted by Crippen LogP contribution is -2.47. The van der Waals surface area contributed by atoms with Gasteiger partial charge >= 0.3 is 0 Å². The average Bonchev–Trinajstić information content (AvgIpc) is 2.83. The van der Waals surface area contributed by atoms with E-state index in [4.69, 9.17) is 4.52 Å². The van der Waals surface area contributed by atoms with Crippen LogP contribution >= 0.6 is 0 Å². The molecule has 2 atom stereocenters. The van der Waals surface area contributed by atoms with Gasteiger partial charge in [-0.1, -0.05) is 17.3 Å². The number of carbonyl (C=O) groups excluding carboxylic acids is 2. The van der Waals surface area contributed by atoms with Crippen molar-refractivity contribution in [3.8, 4) is 0 Å². The normalized spacial score (nSPS) is 22.3. The van der Waals surface area contributed by atoms with E-state index in [2.05, 4.69) is 5.16 Å². The molecule has 3 aliphatic heterocycles. The van der Waals surface area contributed by atoms with Gasteiger partial charge in [0.25, 0.3) is 5.91 Å². The Hall–Kier alpha value is -2.70. The number of aromatic nitrogens is 1. The molecule has 27 heavy (non-hydrogen) atoms. The Labute approximate surface area is 156 Å². The first-order valence-corrected chi connectivity index (χ1v) is 9.21. The van der Waals surface area contributed by atoms with E-state index in [1.54, 1.807) is 17.0 Å². The molecule has 0 aliphatic carbocycles. The third-order valence-electron chi connectivity index (χ3n) is 5.69. The molecule has 0 saturated carbocycles. The van der Waals surface area contributed by atoms with Gasteiger partial charge in [0.05, 0.1) is 23.7 Å². The molecule has 5 rings (SSSR count). The van der Waals surface area contributed by atoms with E-state index in [0.717, 1.165) is 24.1 Å². The predicted octanol–water partition coefficient (Wildman–Crippen LogP) is 2.69. The highest BCUT2D eigenvalue weighted by Crippen LogP contribution is 2.32. The number of hydrogen-bond acceptors (Lipinski definition) is 4. The Morgan fingerprint density at radius 3 is 2.74 bits per heavy atom. The van der Waals surface area contributed by atoms with Crippen LogP contribution in [0.15, 0.2) is 28.8 Å². The fourth-order valence-electron chi connectivity index (χ4n) is 4.12. The molecule has 3 fully saturated rings. The van der Waals surface area contributed by atoms with Crippen molar-refractivity contribution in [2.75, 3.05) is 13.1 Å². The van der Waals surface area contributed by atoms with Crippen LogP contribution in [0.5, 0.6) is 0 Å². The number of carbonyl (C=O) groups is 2. The lowest BCUT2D eigenvalue weighted by atomic mass is 9.93. The maximum absolute atomic E-state index is 14.1. The molecule has 2 amide bonds. The number of rotatable bonds is 3. The molecular weight excluding hydrogens is 349 g/mol. The summed E-state index contributed by atoms with van der Waals surface area (Å²) in [6.07, 6.45) is 1.59. The molecule has 0 unspecified atom stereocenters. The van der Waals surface area contributed by atoms with Crippen LogP contribution in [0.25, 0.3) is 0 Å². The summed E-state index contributed by atoms with van der Waals surface area (Å²) in [5, 5.41) is 3.97. The minimum Gasteiger partial charge on any atom is -0.361 e. The van der Waals surface area contributed by atoms with E-state index in [9.17, 15) is 14.0 Å². The van der Waals surface area contributed by atoms with Crippen LogP contribution in [0.1, 0.15) is 40.2 Å². The Morgan fingerprint density at radius 1 is 1.26 bits per heavy atom. The molecule has 3 saturated heterocycles. The number of amides is 2. The molecule has 2 bridgehead atoms. The van der Waals surface area contributed by atoms with Crippen molar-refractivity contribution in [3.63, 3.8) is 0 Å². The first-order chi connectivity index (χ1) is 13.0. The highest BCUT2D eigenvalue weighted by Gasteiger charge is 2.42. The summed E-state index contributed by atoms with van der Waals surface area (Å²) in [5.41, 5.74) is 1.76. The highest BCUT2D eigenvalue weighted by molar-refractivity contribution is 5.95. The van der Waals surface area contributed by atoms with Crippen LogP contribution in [0.4, 0.5) is 4.39 Å². The maximum Gasteiger partial charge on any atom is 0.256 e. The number of halogens is 1. The molecule has 7 heteroatoms. The zero-order valence-corrected chi connectivity index (χ0v) is 15.4. The van der Waals surface area contributed by atoms with Crippen molar-refractivity contribution >= 4 is 11.8 Å². The molecule has 142 valence electrons. The van der Waals surface area contributed by atoms with Gasteiger partial charge in [-0.25, -0.2) is 4.39 Å². The molecule has 1 aromatic carbocycles. The molecule has 4 heterocycles. The molecule has 1 aromatic heterocycles. The number of fused-ring (bicyclic) bond motifs is 4. The summed E-state index contributed by atoms with van der Waals surface area (Å²) in [6, 6.07) is 5.91. The summed E-state index contributed by atoms with van der Waals surface area (Å²) < 4.78 is 19.3. The molecule has 0 N–H and O–H groups in total. The zero-order chi connectivity index (χ0) is 19.1. The lowest BCUT2D eigenvalue weighted by molar-refractivity contribution is -0.140. The highest BCUT2D eigenvalue weighted by atomic mass is 19.1. The predicted molar refractivity (Wildman–Crippen MR) is 95.3 cm³/mol. The van der Waals surface area contributed by atoms with Gasteiger partial charge in [0.2, 0.25) is 5.91 Å². The Morgan fingerprint density at radius 2 is 2.04 bits per heavy atom. The minimum atomic E-state index is -0.530. The van der Waals surface area contributed by atoms with Crippen LogP contribution in [0, 0.1) is 25.6 Å². The molecule has 0 radical (unpaired) electrons. The molecule has 6 nitrogen and oxygen atoms in total. The Bertz CT molecular complexity index is 875. The van der Waals surface area contributed by atoms with E-state index in [-0.39, 0.29) is 29.3 Å². The van der Waals surface area contributed by atoms with Crippen LogP contribution < -0.4 is 0 Å². The third kappa shape index (κ3) is 3.11. The fourth-order valence-corrected chi connectivity index (χ4v) is 4.12. The largest absolute Gasteiger partial charge is 0.361 e. The first kappa shape index (κ1) is 17.7. The van der Waals surface area contributed by atoms with Crippen LogP contribution in [0.3, 0.4) is 0 Å². The number of benzene rings is 1. The van der Waals surface area contributed by atoms with Gasteiger partial charge in [-0.05, 0) is 38.8 Å². The van der Waals surface area contributed by atoms with E-state index in [1.807, 2.05) is 18.7 Å². The monoisotopic (exact) mass is 371 g/mol. The summed E-state index contributed by atoms with van der Waals surface area (Å²) in [4.78, 5) is 29.3. The topological polar surface area (TPSA) is 66.7 Å². The molecular formula is C20H22FN3O3. The molecule has 0 spiro atoms. The summed E-state index contributed by atoms with van der Waals surface area (Å²) in [7, 11) is 0. The van der Waals surface area contributed by atoms with Crippen molar-refractivity contribution in [3.05, 3.63) is 52.7 Å². The molecule has 2 aromatic rings. The van der Waals surface area contributed by atoms with Crippen molar-refractivity contribution < 1.29 is 18.5 Å². The standard InChI is InChI=1S/C20H22FN3O3/c1-12-17(13(2)27-22-12)11-24-15-8-7-14(19(24)25)9-23(10-15)20(26)16-5-3-4-6-18(16)21/h3-6,14-15H,7-11H2,1-2H3/t14-,15+/m1/s1. The quantitative estimate of drug-likeness (QED) is 0.832. The smallest absolute Gasteiger partial charge is 0.256 e. The summed E-state index contributed by atoms with van der Waals surface area (Å²) >= 11 is 0. The van der Waals surface area contributed by atoms with E-state index < -0.39 is 5.82 Å². The van der Waals surface area contributed by atoms with Gasteiger partial charge < -0.3 is 14.3 Å². The van der Waals surface area contributed by atoms with Crippen molar-refractivity contribution in [2.45, 2.75) is 39.3 Å². The van der Waals surface area contributed by atoms with Crippen molar-refractivity contribution in [2.24, 2.45) is 5.92 Å². The lowest BCUT2D eigenvalue weighted by Gasteiger charge is -2.35. The third-order valence-corrected chi connectivity index (χ3v) is 5.69. The second-order valence-electron chi connectivity index (χ2n) is 7.39. The second-order valence-corrected chi connectivity index (χ2v) is 7.39. The Balaban J connectivity index is 1.59. The van der Waals surface area contributed by atoms with Crippen molar-refractivity contribution in [1.82, 2.24) is 15.0 Å². The summed E-state index contributed by atoms with van der Waals surface area (Å²) in [5.74, 6) is -0.371. The van der Waals surface area contributed by atoms with Gasteiger partial charge in [-0.2, -0.15) is 0 Å². The van der Waals surface area contributed by atoms with Gasteiger partial charge in [0, 0.05) is 24.7 Å². The van der Waals surface area contributed by atoms with Gasteiger partial charge in [-0.15, -0.1) is 0 Å². The van der Waals surface area contributed by atoms with Gasteiger partial charge in [-0.3, -0.25) is 9.59 Å². The minimum absolute atomic E-state index is 0.0510. The number of piperidine rings is 1. The first-order valence-electron chi connectivity index (χ1n) is 9.21. The second kappa shape index (κ2) is 6.79. The summed E-state index contributed by atoms with van der Waals surface area (Å²) in [6.45, 7) is 4.88. The fraction of sp³-hybridized carbons (Fsp3) is 0.450. The van der Waals surface area contributed by atoms with Gasteiger partial charge in [0.1, 0.15) is 11.6 Å². The van der Waals surface area contributed by atoms with Crippen LogP contribution in [-0.2, 0) is 11.3 Å².